The molecular weight excluding hydrogens is 156 g/mol. The van der Waals surface area contributed by atoms with E-state index >= 15 is 0 Å². The van der Waals surface area contributed by atoms with E-state index < -0.39 is 5.97 Å². The van der Waals surface area contributed by atoms with Crippen LogP contribution in [-0.4, -0.2) is 21.3 Å². The molecule has 3 heteroatoms. The standard InChI is InChI=1S/C8H10O2Si/c1-5-2-3-6(8(9)10)7(11)4-5/h2-4H,1,11H3,(H,9,10). The first-order valence-corrected chi connectivity index (χ1v) is 4.42. The number of aryl methyl sites for hydroxylation is 1. The molecule has 0 fully saturated rings. The minimum atomic E-state index is -0.824. The Morgan fingerprint density at radius 3 is 2.64 bits per heavy atom. The van der Waals surface area contributed by atoms with Crippen LogP contribution < -0.4 is 5.19 Å². The lowest BCUT2D eigenvalue weighted by Gasteiger charge is -2.00. The number of carbonyl (C=O) groups is 1. The molecule has 0 saturated carbocycles. The molecule has 1 aromatic rings. The molecule has 0 saturated heterocycles. The Morgan fingerprint density at radius 1 is 1.55 bits per heavy atom. The second kappa shape index (κ2) is 2.88. The van der Waals surface area contributed by atoms with Crippen molar-refractivity contribution >= 4 is 21.4 Å². The molecule has 1 rings (SSSR count). The van der Waals surface area contributed by atoms with Crippen molar-refractivity contribution in [2.24, 2.45) is 0 Å². The van der Waals surface area contributed by atoms with Gasteiger partial charge < -0.3 is 5.11 Å². The number of carboxylic acid groups (broad SMARTS) is 1. The fourth-order valence-corrected chi connectivity index (χ4v) is 1.89. The molecule has 58 valence electrons. The molecule has 0 aliphatic rings. The van der Waals surface area contributed by atoms with Crippen molar-refractivity contribution < 1.29 is 9.90 Å². The van der Waals surface area contributed by atoms with Crippen molar-refractivity contribution in [3.05, 3.63) is 29.3 Å². The van der Waals surface area contributed by atoms with Crippen LogP contribution in [0.3, 0.4) is 0 Å². The van der Waals surface area contributed by atoms with Gasteiger partial charge in [-0.25, -0.2) is 4.79 Å². The lowest BCUT2D eigenvalue weighted by Crippen LogP contribution is -2.15. The molecule has 0 spiro atoms. The van der Waals surface area contributed by atoms with Crippen LogP contribution in [0.4, 0.5) is 0 Å². The van der Waals surface area contributed by atoms with Gasteiger partial charge in [0.1, 0.15) is 0 Å². The van der Waals surface area contributed by atoms with Crippen LogP contribution in [0.2, 0.25) is 0 Å². The third-order valence-electron chi connectivity index (χ3n) is 1.61. The van der Waals surface area contributed by atoms with Gasteiger partial charge in [0.25, 0.3) is 0 Å². The summed E-state index contributed by atoms with van der Waals surface area (Å²) in [6.07, 6.45) is 0. The molecule has 0 aliphatic carbocycles. The predicted molar refractivity (Wildman–Crippen MR) is 47.7 cm³/mol. The number of hydrogen-bond acceptors (Lipinski definition) is 1. The van der Waals surface area contributed by atoms with Crippen LogP contribution in [-0.2, 0) is 0 Å². The van der Waals surface area contributed by atoms with Gasteiger partial charge in [0.2, 0.25) is 0 Å². The molecule has 0 unspecified atom stereocenters. The smallest absolute Gasteiger partial charge is 0.335 e. The van der Waals surface area contributed by atoms with Crippen molar-refractivity contribution in [1.29, 1.82) is 0 Å². The molecule has 2 nitrogen and oxygen atoms in total. The van der Waals surface area contributed by atoms with Gasteiger partial charge in [-0.2, -0.15) is 0 Å². The van der Waals surface area contributed by atoms with Gasteiger partial charge in [-0.15, -0.1) is 0 Å². The molecular formula is C8H10O2Si. The first-order valence-electron chi connectivity index (χ1n) is 3.42. The van der Waals surface area contributed by atoms with Crippen molar-refractivity contribution in [2.75, 3.05) is 0 Å². The highest BCUT2D eigenvalue weighted by Gasteiger charge is 2.04. The number of carboxylic acids is 1. The Balaban J connectivity index is 3.20. The van der Waals surface area contributed by atoms with E-state index in [0.29, 0.717) is 5.56 Å². The SMILES string of the molecule is Cc1ccc(C(=O)O)c([SiH3])c1. The van der Waals surface area contributed by atoms with E-state index in [1.54, 1.807) is 6.07 Å². The second-order valence-corrected chi connectivity index (χ2v) is 3.70. The summed E-state index contributed by atoms with van der Waals surface area (Å²) in [6.45, 7) is 1.97. The topological polar surface area (TPSA) is 37.3 Å². The quantitative estimate of drug-likeness (QED) is 0.581. The van der Waals surface area contributed by atoms with Gasteiger partial charge in [-0.3, -0.25) is 0 Å². The molecule has 0 aromatic heterocycles. The van der Waals surface area contributed by atoms with Crippen LogP contribution in [0.5, 0.6) is 0 Å². The van der Waals surface area contributed by atoms with Crippen LogP contribution in [0.15, 0.2) is 18.2 Å². The lowest BCUT2D eigenvalue weighted by atomic mass is 10.1. The Kier molecular flexibility index (Phi) is 2.10. The Hall–Kier alpha value is -1.09. The van der Waals surface area contributed by atoms with Crippen LogP contribution in [0.25, 0.3) is 0 Å². The Bertz CT molecular complexity index is 294. The summed E-state index contributed by atoms with van der Waals surface area (Å²) in [7, 11) is 0.791. The predicted octanol–water partition coefficient (Wildman–Crippen LogP) is -0.316. The highest BCUT2D eigenvalue weighted by atomic mass is 28.1. The third kappa shape index (κ3) is 1.68. The molecule has 0 bridgehead atoms. The largest absolute Gasteiger partial charge is 0.478 e. The van der Waals surface area contributed by atoms with Gasteiger partial charge in [0.15, 0.2) is 0 Å². The summed E-state index contributed by atoms with van der Waals surface area (Å²) in [4.78, 5) is 10.6. The number of benzene rings is 1. The average molecular weight is 166 g/mol. The first kappa shape index (κ1) is 8.01. The first-order chi connectivity index (χ1) is 5.11. The molecule has 0 aliphatic heterocycles. The molecule has 1 N–H and O–H groups in total. The Morgan fingerprint density at radius 2 is 2.18 bits per heavy atom. The molecule has 1 aromatic carbocycles. The second-order valence-electron chi connectivity index (χ2n) is 2.62. The minimum absolute atomic E-state index is 0.447. The average Bonchev–Trinajstić information content (AvgIpc) is 1.85. The van der Waals surface area contributed by atoms with E-state index in [1.165, 1.54) is 0 Å². The molecule has 11 heavy (non-hydrogen) atoms. The zero-order valence-electron chi connectivity index (χ0n) is 6.59. The van der Waals surface area contributed by atoms with E-state index in [0.717, 1.165) is 21.0 Å². The van der Waals surface area contributed by atoms with Crippen molar-refractivity contribution in [3.63, 3.8) is 0 Å². The fourth-order valence-electron chi connectivity index (χ4n) is 1.05. The number of aromatic carboxylic acids is 1. The van der Waals surface area contributed by atoms with Gasteiger partial charge in [-0.1, -0.05) is 22.9 Å². The maximum atomic E-state index is 10.6. The van der Waals surface area contributed by atoms with Gasteiger partial charge >= 0.3 is 5.97 Å². The van der Waals surface area contributed by atoms with Crippen molar-refractivity contribution in [2.45, 2.75) is 6.92 Å². The normalized spacial score (nSPS) is 9.91. The van der Waals surface area contributed by atoms with Gasteiger partial charge in [0.05, 0.1) is 5.56 Å². The number of rotatable bonds is 1. The Labute approximate surface area is 68.3 Å². The van der Waals surface area contributed by atoms with E-state index in [9.17, 15) is 4.79 Å². The summed E-state index contributed by atoms with van der Waals surface area (Å²) < 4.78 is 0. The van der Waals surface area contributed by atoms with Gasteiger partial charge in [0, 0.05) is 10.2 Å². The van der Waals surface area contributed by atoms with Crippen LogP contribution >= 0.6 is 0 Å². The summed E-state index contributed by atoms with van der Waals surface area (Å²) in [5.41, 5.74) is 1.57. The molecule has 0 heterocycles. The summed E-state index contributed by atoms with van der Waals surface area (Å²) in [5, 5.41) is 9.63. The highest BCUT2D eigenvalue weighted by Crippen LogP contribution is 1.98. The minimum Gasteiger partial charge on any atom is -0.478 e. The van der Waals surface area contributed by atoms with E-state index in [4.69, 9.17) is 5.11 Å². The summed E-state index contributed by atoms with van der Waals surface area (Å²) >= 11 is 0. The molecule has 0 atom stereocenters. The van der Waals surface area contributed by atoms with Crippen LogP contribution in [0, 0.1) is 6.92 Å². The zero-order valence-corrected chi connectivity index (χ0v) is 8.59. The number of hydrogen-bond donors (Lipinski definition) is 1. The lowest BCUT2D eigenvalue weighted by molar-refractivity contribution is 0.0698. The van der Waals surface area contributed by atoms with E-state index in [1.807, 2.05) is 19.1 Å². The van der Waals surface area contributed by atoms with E-state index in [-0.39, 0.29) is 0 Å². The van der Waals surface area contributed by atoms with Crippen molar-refractivity contribution in [1.82, 2.24) is 0 Å². The van der Waals surface area contributed by atoms with Crippen molar-refractivity contribution in [3.8, 4) is 0 Å². The van der Waals surface area contributed by atoms with E-state index in [2.05, 4.69) is 0 Å². The maximum Gasteiger partial charge on any atom is 0.335 e. The fraction of sp³-hybridized carbons (Fsp3) is 0.125. The van der Waals surface area contributed by atoms with Gasteiger partial charge in [-0.05, 0) is 13.0 Å². The maximum absolute atomic E-state index is 10.6. The summed E-state index contributed by atoms with van der Waals surface area (Å²) in [6, 6.07) is 5.42. The monoisotopic (exact) mass is 166 g/mol. The third-order valence-corrected chi connectivity index (χ3v) is 2.44. The summed E-state index contributed by atoms with van der Waals surface area (Å²) in [5.74, 6) is -0.824. The van der Waals surface area contributed by atoms with Crippen LogP contribution in [0.1, 0.15) is 15.9 Å². The molecule has 0 amide bonds. The molecule has 0 radical (unpaired) electrons. The highest BCUT2D eigenvalue weighted by molar-refractivity contribution is 6.36. The zero-order chi connectivity index (χ0) is 8.43.